The number of amides is 1. The van der Waals surface area contributed by atoms with Crippen LogP contribution in [-0.4, -0.2) is 61.8 Å². The highest BCUT2D eigenvalue weighted by molar-refractivity contribution is 5.92. The lowest BCUT2D eigenvalue weighted by atomic mass is 10.0. The minimum absolute atomic E-state index is 0.0479. The minimum Gasteiger partial charge on any atom is -0.346 e. The van der Waals surface area contributed by atoms with E-state index in [2.05, 4.69) is 39.1 Å². The number of nitrogens with zero attached hydrogens (tertiary/aromatic N) is 6. The number of anilines is 1. The summed E-state index contributed by atoms with van der Waals surface area (Å²) in [5.74, 6) is 0.768. The van der Waals surface area contributed by atoms with Crippen molar-refractivity contribution in [3.63, 3.8) is 0 Å². The largest absolute Gasteiger partial charge is 0.346 e. The number of carbonyl (C=O) groups excluding carboxylic acids is 1. The zero-order valence-electron chi connectivity index (χ0n) is 16.2. The highest BCUT2D eigenvalue weighted by Crippen LogP contribution is 2.31. The van der Waals surface area contributed by atoms with Gasteiger partial charge in [-0.1, -0.05) is 0 Å². The zero-order chi connectivity index (χ0) is 19.0. The molecule has 2 aromatic rings. The minimum atomic E-state index is -0.0762. The molecule has 4 rings (SSSR count). The van der Waals surface area contributed by atoms with Crippen LogP contribution in [0.1, 0.15) is 42.9 Å². The normalized spacial score (nSPS) is 19.1. The van der Waals surface area contributed by atoms with Crippen molar-refractivity contribution in [2.45, 2.75) is 44.8 Å². The van der Waals surface area contributed by atoms with Crippen molar-refractivity contribution in [2.24, 2.45) is 7.05 Å². The van der Waals surface area contributed by atoms with Gasteiger partial charge in [0.2, 0.25) is 0 Å². The summed E-state index contributed by atoms with van der Waals surface area (Å²) in [4.78, 5) is 25.9. The molecule has 1 saturated heterocycles. The van der Waals surface area contributed by atoms with Crippen LogP contribution < -0.4 is 10.2 Å². The third-order valence-corrected chi connectivity index (χ3v) is 5.25. The van der Waals surface area contributed by atoms with Crippen LogP contribution in [0.25, 0.3) is 0 Å². The van der Waals surface area contributed by atoms with Gasteiger partial charge in [-0.3, -0.25) is 9.48 Å². The number of carbonyl (C=O) groups is 1. The molecular formula is C19H27N7O. The summed E-state index contributed by atoms with van der Waals surface area (Å²) >= 11 is 0. The Hall–Kier alpha value is -2.48. The van der Waals surface area contributed by atoms with Gasteiger partial charge in [-0.05, 0) is 32.8 Å². The number of hydrogen-bond acceptors (Lipinski definition) is 6. The number of rotatable bonds is 5. The van der Waals surface area contributed by atoms with E-state index in [0.29, 0.717) is 24.8 Å². The Morgan fingerprint density at radius 1 is 1.33 bits per heavy atom. The average Bonchev–Trinajstić information content (AvgIpc) is 3.41. The lowest BCUT2D eigenvalue weighted by molar-refractivity contribution is 0.0646. The summed E-state index contributed by atoms with van der Waals surface area (Å²) in [7, 11) is 1.95. The molecule has 0 bridgehead atoms. The van der Waals surface area contributed by atoms with E-state index < -0.39 is 0 Å². The van der Waals surface area contributed by atoms with Gasteiger partial charge in [0, 0.05) is 44.5 Å². The summed E-state index contributed by atoms with van der Waals surface area (Å²) in [5, 5.41) is 7.66. The van der Waals surface area contributed by atoms with Gasteiger partial charge in [0.05, 0.1) is 24.6 Å². The lowest BCUT2D eigenvalue weighted by Crippen LogP contribution is -2.58. The quantitative estimate of drug-likeness (QED) is 0.853. The molecule has 1 aliphatic heterocycles. The molecule has 27 heavy (non-hydrogen) atoms. The van der Waals surface area contributed by atoms with E-state index in [1.807, 2.05) is 28.9 Å². The Morgan fingerprint density at radius 3 is 2.74 bits per heavy atom. The van der Waals surface area contributed by atoms with Gasteiger partial charge in [0.15, 0.2) is 0 Å². The van der Waals surface area contributed by atoms with Gasteiger partial charge in [-0.15, -0.1) is 0 Å². The smallest absolute Gasteiger partial charge is 0.274 e. The van der Waals surface area contributed by atoms with Crippen LogP contribution in [0.2, 0.25) is 0 Å². The van der Waals surface area contributed by atoms with Gasteiger partial charge >= 0.3 is 0 Å². The molecule has 8 nitrogen and oxygen atoms in total. The topological polar surface area (TPSA) is 79.2 Å². The molecular weight excluding hydrogens is 342 g/mol. The summed E-state index contributed by atoms with van der Waals surface area (Å²) in [6.45, 7) is 7.12. The number of piperazine rings is 1. The van der Waals surface area contributed by atoms with Crippen molar-refractivity contribution in [3.8, 4) is 0 Å². The fourth-order valence-corrected chi connectivity index (χ4v) is 3.57. The molecule has 1 aliphatic carbocycles. The number of aryl methyl sites for hydroxylation is 1. The summed E-state index contributed by atoms with van der Waals surface area (Å²) in [6.07, 6.45) is 7.48. The lowest BCUT2D eigenvalue weighted by Gasteiger charge is -2.38. The van der Waals surface area contributed by atoms with Crippen LogP contribution in [0.5, 0.6) is 0 Å². The Balaban J connectivity index is 1.49. The van der Waals surface area contributed by atoms with Crippen LogP contribution in [-0.2, 0) is 13.6 Å². The third kappa shape index (κ3) is 3.95. The van der Waals surface area contributed by atoms with E-state index >= 15 is 0 Å². The first kappa shape index (κ1) is 17.9. The average molecular weight is 369 g/mol. The molecule has 1 saturated carbocycles. The summed E-state index contributed by atoms with van der Waals surface area (Å²) < 4.78 is 1.88. The molecule has 0 spiro atoms. The van der Waals surface area contributed by atoms with Crippen molar-refractivity contribution in [3.05, 3.63) is 36.0 Å². The van der Waals surface area contributed by atoms with E-state index in [0.717, 1.165) is 37.4 Å². The summed E-state index contributed by atoms with van der Waals surface area (Å²) in [6, 6.07) is 2.51. The molecule has 0 radical (unpaired) electrons. The Labute approximate surface area is 159 Å². The molecule has 2 fully saturated rings. The van der Waals surface area contributed by atoms with Crippen LogP contribution in [0.3, 0.4) is 0 Å². The van der Waals surface area contributed by atoms with Crippen LogP contribution in [0, 0.1) is 0 Å². The molecule has 144 valence electrons. The van der Waals surface area contributed by atoms with Gasteiger partial charge in [0.25, 0.3) is 5.91 Å². The van der Waals surface area contributed by atoms with E-state index in [-0.39, 0.29) is 11.4 Å². The maximum absolute atomic E-state index is 12.8. The van der Waals surface area contributed by atoms with E-state index in [1.54, 1.807) is 12.4 Å². The molecule has 0 unspecified atom stereocenters. The molecule has 2 aliphatic rings. The molecule has 0 aromatic carbocycles. The van der Waals surface area contributed by atoms with Gasteiger partial charge < -0.3 is 15.1 Å². The Kier molecular flexibility index (Phi) is 4.59. The van der Waals surface area contributed by atoms with Gasteiger partial charge in [-0.25, -0.2) is 9.97 Å². The fraction of sp³-hybridized carbons (Fsp3) is 0.579. The molecule has 8 heteroatoms. The monoisotopic (exact) mass is 369 g/mol. The van der Waals surface area contributed by atoms with Gasteiger partial charge in [0.1, 0.15) is 11.5 Å². The molecule has 3 heterocycles. The highest BCUT2D eigenvalue weighted by atomic mass is 16.2. The maximum atomic E-state index is 12.8. The predicted octanol–water partition coefficient (Wildman–Crippen LogP) is 1.20. The van der Waals surface area contributed by atoms with E-state index in [4.69, 9.17) is 0 Å². The Bertz CT molecular complexity index is 810. The van der Waals surface area contributed by atoms with Gasteiger partial charge in [-0.2, -0.15) is 5.10 Å². The standard InChI is InChI=1S/C19H27N7O/c1-19(2)13-25(9-8-22-19)18(27)16-10-21-17(11-20-16)26(14-4-5-14)12-15-6-7-23-24(15)3/h6-7,10-11,14,22H,4-5,8-9,12-13H2,1-3H3. The van der Waals surface area contributed by atoms with Crippen LogP contribution in [0.4, 0.5) is 5.82 Å². The first-order valence-corrected chi connectivity index (χ1v) is 9.53. The second-order valence-electron chi connectivity index (χ2n) is 8.10. The fourth-order valence-electron chi connectivity index (χ4n) is 3.57. The molecule has 0 atom stereocenters. The molecule has 2 aromatic heterocycles. The second kappa shape index (κ2) is 6.92. The molecule has 1 amide bonds. The first-order chi connectivity index (χ1) is 12.9. The molecule has 1 N–H and O–H groups in total. The van der Waals surface area contributed by atoms with Crippen molar-refractivity contribution >= 4 is 11.7 Å². The zero-order valence-corrected chi connectivity index (χ0v) is 16.2. The number of nitrogens with one attached hydrogen (secondary N) is 1. The SMILES string of the molecule is Cn1nccc1CN(c1cnc(C(=O)N2CCNC(C)(C)C2)cn1)C1CC1. The van der Waals surface area contributed by atoms with Crippen molar-refractivity contribution in [1.82, 2.24) is 30.0 Å². The summed E-state index contributed by atoms with van der Waals surface area (Å²) in [5.41, 5.74) is 1.47. The Morgan fingerprint density at radius 2 is 2.15 bits per heavy atom. The van der Waals surface area contributed by atoms with E-state index in [1.165, 1.54) is 0 Å². The highest BCUT2D eigenvalue weighted by Gasteiger charge is 2.32. The second-order valence-corrected chi connectivity index (χ2v) is 8.10. The van der Waals surface area contributed by atoms with Crippen molar-refractivity contribution < 1.29 is 4.79 Å². The maximum Gasteiger partial charge on any atom is 0.274 e. The van der Waals surface area contributed by atoms with Crippen LogP contribution >= 0.6 is 0 Å². The number of aromatic nitrogens is 4. The van der Waals surface area contributed by atoms with Crippen molar-refractivity contribution in [1.29, 1.82) is 0 Å². The number of hydrogen-bond donors (Lipinski definition) is 1. The van der Waals surface area contributed by atoms with Crippen molar-refractivity contribution in [2.75, 3.05) is 24.5 Å². The first-order valence-electron chi connectivity index (χ1n) is 9.53. The predicted molar refractivity (Wildman–Crippen MR) is 102 cm³/mol. The van der Waals surface area contributed by atoms with E-state index in [9.17, 15) is 4.79 Å². The van der Waals surface area contributed by atoms with Crippen LogP contribution in [0.15, 0.2) is 24.7 Å². The third-order valence-electron chi connectivity index (χ3n) is 5.25.